The Hall–Kier alpha value is -1.14. The summed E-state index contributed by atoms with van der Waals surface area (Å²) in [5.74, 6) is 5.07. The summed E-state index contributed by atoms with van der Waals surface area (Å²) < 4.78 is 0.646. The fourth-order valence-electron chi connectivity index (χ4n) is 0.778. The number of hydrazine groups is 1. The SMILES string of the molecule is CC.NNc1ccc(Br)cc1[N+](=O)[O-]. The molecule has 6 heteroatoms. The molecule has 1 aromatic carbocycles. The molecule has 0 amide bonds. The summed E-state index contributed by atoms with van der Waals surface area (Å²) in [6.45, 7) is 4.00. The molecular weight excluding hydrogens is 250 g/mol. The number of halogens is 1. The van der Waals surface area contributed by atoms with Gasteiger partial charge in [-0.3, -0.25) is 16.0 Å². The van der Waals surface area contributed by atoms with Crippen LogP contribution in [0.15, 0.2) is 22.7 Å². The van der Waals surface area contributed by atoms with E-state index >= 15 is 0 Å². The van der Waals surface area contributed by atoms with Crippen LogP contribution < -0.4 is 11.3 Å². The molecule has 0 fully saturated rings. The molecule has 5 nitrogen and oxygen atoms in total. The van der Waals surface area contributed by atoms with Crippen LogP contribution in [0.25, 0.3) is 0 Å². The highest BCUT2D eigenvalue weighted by Crippen LogP contribution is 2.26. The molecule has 0 unspecified atom stereocenters. The van der Waals surface area contributed by atoms with Gasteiger partial charge in [0.25, 0.3) is 5.69 Å². The Bertz CT molecular complexity index is 317. The van der Waals surface area contributed by atoms with Gasteiger partial charge in [0.2, 0.25) is 0 Å². The molecule has 0 bridgehead atoms. The van der Waals surface area contributed by atoms with Crippen molar-refractivity contribution >= 4 is 27.3 Å². The molecule has 3 N–H and O–H groups in total. The van der Waals surface area contributed by atoms with Crippen LogP contribution in [0, 0.1) is 10.1 Å². The fraction of sp³-hybridized carbons (Fsp3) is 0.250. The van der Waals surface area contributed by atoms with E-state index < -0.39 is 4.92 Å². The molecule has 0 radical (unpaired) electrons. The zero-order chi connectivity index (χ0) is 11.1. The number of nitrogens with zero attached hydrogens (tertiary/aromatic N) is 1. The van der Waals surface area contributed by atoms with Crippen LogP contribution in [0.5, 0.6) is 0 Å². The van der Waals surface area contributed by atoms with Crippen LogP contribution in [0.2, 0.25) is 0 Å². The standard InChI is InChI=1S/C6H6BrN3O2.C2H6/c7-4-1-2-5(9-8)6(3-4)10(11)12;1-2/h1-3,9H,8H2;1-2H3. The maximum Gasteiger partial charge on any atom is 0.294 e. The summed E-state index contributed by atoms with van der Waals surface area (Å²) in [4.78, 5) is 9.92. The van der Waals surface area contributed by atoms with E-state index in [-0.39, 0.29) is 5.69 Å². The van der Waals surface area contributed by atoms with E-state index in [0.29, 0.717) is 10.2 Å². The number of anilines is 1. The van der Waals surface area contributed by atoms with Gasteiger partial charge in [-0.2, -0.15) is 0 Å². The van der Waals surface area contributed by atoms with Crippen molar-refractivity contribution in [3.63, 3.8) is 0 Å². The van der Waals surface area contributed by atoms with E-state index in [9.17, 15) is 10.1 Å². The zero-order valence-corrected chi connectivity index (χ0v) is 9.54. The van der Waals surface area contributed by atoms with Crippen LogP contribution in [-0.2, 0) is 0 Å². The Labute approximate surface area is 90.5 Å². The molecule has 0 saturated carbocycles. The first-order valence-corrected chi connectivity index (χ1v) is 4.85. The number of nitrogens with two attached hydrogens (primary N) is 1. The van der Waals surface area contributed by atoms with Gasteiger partial charge < -0.3 is 5.43 Å². The maximum absolute atomic E-state index is 10.4. The second kappa shape index (κ2) is 6.33. The third-order valence-electron chi connectivity index (χ3n) is 1.31. The Balaban J connectivity index is 0.000000791. The van der Waals surface area contributed by atoms with Gasteiger partial charge in [-0.1, -0.05) is 29.8 Å². The maximum atomic E-state index is 10.4. The summed E-state index contributed by atoms with van der Waals surface area (Å²) >= 11 is 3.12. The monoisotopic (exact) mass is 261 g/mol. The lowest BCUT2D eigenvalue weighted by Crippen LogP contribution is -2.08. The van der Waals surface area contributed by atoms with Crippen molar-refractivity contribution in [3.05, 3.63) is 32.8 Å². The smallest absolute Gasteiger partial charge is 0.294 e. The van der Waals surface area contributed by atoms with Crippen LogP contribution in [0.1, 0.15) is 13.8 Å². The minimum atomic E-state index is -0.500. The first-order chi connectivity index (χ1) is 6.65. The molecule has 0 saturated heterocycles. The third kappa shape index (κ3) is 3.31. The van der Waals surface area contributed by atoms with E-state index in [2.05, 4.69) is 21.4 Å². The summed E-state index contributed by atoms with van der Waals surface area (Å²) in [6, 6.07) is 4.58. The normalized spacial score (nSPS) is 8.57. The summed E-state index contributed by atoms with van der Waals surface area (Å²) in [5.41, 5.74) is 2.49. The van der Waals surface area contributed by atoms with Crippen molar-refractivity contribution < 1.29 is 4.92 Å². The average molecular weight is 262 g/mol. The molecule has 0 aromatic heterocycles. The van der Waals surface area contributed by atoms with Crippen LogP contribution >= 0.6 is 15.9 Å². The number of hydrogen-bond donors (Lipinski definition) is 2. The Morgan fingerprint density at radius 2 is 2.07 bits per heavy atom. The Morgan fingerprint density at radius 1 is 1.50 bits per heavy atom. The van der Waals surface area contributed by atoms with Gasteiger partial charge in [0, 0.05) is 10.5 Å². The van der Waals surface area contributed by atoms with Crippen LogP contribution in [-0.4, -0.2) is 4.92 Å². The fourth-order valence-corrected chi connectivity index (χ4v) is 1.13. The molecule has 0 atom stereocenters. The van der Waals surface area contributed by atoms with E-state index in [1.165, 1.54) is 12.1 Å². The highest BCUT2D eigenvalue weighted by atomic mass is 79.9. The second-order valence-corrected chi connectivity index (χ2v) is 2.98. The average Bonchev–Trinajstić information content (AvgIpc) is 2.20. The van der Waals surface area contributed by atoms with Gasteiger partial charge in [-0.05, 0) is 12.1 Å². The van der Waals surface area contributed by atoms with Crippen LogP contribution in [0.4, 0.5) is 11.4 Å². The van der Waals surface area contributed by atoms with Crippen molar-refractivity contribution in [1.29, 1.82) is 0 Å². The molecule has 0 spiro atoms. The van der Waals surface area contributed by atoms with Gasteiger partial charge in [0.1, 0.15) is 5.69 Å². The lowest BCUT2D eigenvalue weighted by atomic mass is 10.3. The molecule has 0 aliphatic carbocycles. The number of rotatable bonds is 2. The topological polar surface area (TPSA) is 81.2 Å². The predicted octanol–water partition coefficient (Wildman–Crippen LogP) is 2.67. The molecule has 1 rings (SSSR count). The van der Waals surface area contributed by atoms with E-state index in [1.807, 2.05) is 13.8 Å². The molecule has 0 aliphatic rings. The van der Waals surface area contributed by atoms with E-state index in [0.717, 1.165) is 0 Å². The van der Waals surface area contributed by atoms with E-state index in [1.54, 1.807) is 6.07 Å². The lowest BCUT2D eigenvalue weighted by molar-refractivity contribution is -0.384. The number of hydrogen-bond acceptors (Lipinski definition) is 4. The first-order valence-electron chi connectivity index (χ1n) is 4.05. The van der Waals surface area contributed by atoms with Gasteiger partial charge >= 0.3 is 0 Å². The first kappa shape index (κ1) is 12.9. The summed E-state index contributed by atoms with van der Waals surface area (Å²) in [7, 11) is 0. The quantitative estimate of drug-likeness (QED) is 0.487. The van der Waals surface area contributed by atoms with E-state index in [4.69, 9.17) is 5.84 Å². The van der Waals surface area contributed by atoms with Crippen molar-refractivity contribution in [2.24, 2.45) is 5.84 Å². The highest BCUT2D eigenvalue weighted by molar-refractivity contribution is 9.10. The second-order valence-electron chi connectivity index (χ2n) is 2.06. The third-order valence-corrected chi connectivity index (χ3v) is 1.81. The van der Waals surface area contributed by atoms with Gasteiger partial charge in [-0.25, -0.2) is 0 Å². The molecule has 78 valence electrons. The predicted molar refractivity (Wildman–Crippen MR) is 60.0 cm³/mol. The molecular formula is C8H12BrN3O2. The van der Waals surface area contributed by atoms with Crippen molar-refractivity contribution in [2.75, 3.05) is 5.43 Å². The number of nitrogen functional groups attached to an aromatic ring is 1. The lowest BCUT2D eigenvalue weighted by Gasteiger charge is -2.00. The number of nitrogens with one attached hydrogen (secondary N) is 1. The van der Waals surface area contributed by atoms with Gasteiger partial charge in [0.05, 0.1) is 4.92 Å². The molecule has 1 aromatic rings. The van der Waals surface area contributed by atoms with Crippen molar-refractivity contribution in [1.82, 2.24) is 0 Å². The summed E-state index contributed by atoms with van der Waals surface area (Å²) in [5, 5.41) is 10.4. The zero-order valence-electron chi connectivity index (χ0n) is 7.95. The van der Waals surface area contributed by atoms with Crippen LogP contribution in [0.3, 0.4) is 0 Å². The number of benzene rings is 1. The van der Waals surface area contributed by atoms with Crippen molar-refractivity contribution in [3.8, 4) is 0 Å². The Kier molecular flexibility index (Phi) is 5.82. The van der Waals surface area contributed by atoms with Gasteiger partial charge in [0.15, 0.2) is 0 Å². The van der Waals surface area contributed by atoms with Gasteiger partial charge in [-0.15, -0.1) is 0 Å². The number of nitro groups is 1. The van der Waals surface area contributed by atoms with Crippen molar-refractivity contribution in [2.45, 2.75) is 13.8 Å². The summed E-state index contributed by atoms with van der Waals surface area (Å²) in [6.07, 6.45) is 0. The minimum Gasteiger partial charge on any atom is -0.318 e. The largest absolute Gasteiger partial charge is 0.318 e. The number of nitro benzene ring substituents is 1. The molecule has 14 heavy (non-hydrogen) atoms. The highest BCUT2D eigenvalue weighted by Gasteiger charge is 2.12. The Morgan fingerprint density at radius 3 is 2.50 bits per heavy atom. The molecule has 0 heterocycles. The molecule has 0 aliphatic heterocycles. The minimum absolute atomic E-state index is 0.0492.